The second kappa shape index (κ2) is 7.09. The minimum Gasteiger partial charge on any atom is -0.370 e. The smallest absolute Gasteiger partial charge is 0.255 e. The van der Waals surface area contributed by atoms with E-state index in [1.54, 1.807) is 24.4 Å². The molecule has 2 aromatic rings. The number of aryl methyl sites for hydroxylation is 1. The number of halogens is 1. The van der Waals surface area contributed by atoms with E-state index in [0.29, 0.717) is 22.1 Å². The highest BCUT2D eigenvalue weighted by atomic mass is 35.5. The molecule has 2 N–H and O–H groups in total. The van der Waals surface area contributed by atoms with Gasteiger partial charge in [-0.1, -0.05) is 24.6 Å². The van der Waals surface area contributed by atoms with Gasteiger partial charge in [-0.15, -0.1) is 0 Å². The van der Waals surface area contributed by atoms with Crippen molar-refractivity contribution in [3.63, 3.8) is 0 Å². The Kier molecular flexibility index (Phi) is 5.17. The number of anilines is 2. The van der Waals surface area contributed by atoms with E-state index in [1.807, 2.05) is 19.1 Å². The summed E-state index contributed by atoms with van der Waals surface area (Å²) in [7, 11) is 0. The van der Waals surface area contributed by atoms with Crippen LogP contribution in [-0.4, -0.2) is 17.4 Å². The first kappa shape index (κ1) is 15.3. The molecule has 5 heteroatoms. The van der Waals surface area contributed by atoms with Gasteiger partial charge in [-0.3, -0.25) is 4.79 Å². The number of carbonyl (C=O) groups excluding carboxylic acids is 1. The lowest BCUT2D eigenvalue weighted by molar-refractivity contribution is 0.102. The van der Waals surface area contributed by atoms with Gasteiger partial charge in [0, 0.05) is 29.0 Å². The SMILES string of the molecule is CCCNc1cc(C(=O)Nc2ccc(C)c(Cl)c2)ccn1. The zero-order valence-corrected chi connectivity index (χ0v) is 12.9. The molecule has 0 unspecified atom stereocenters. The average Bonchev–Trinajstić information content (AvgIpc) is 2.49. The number of rotatable bonds is 5. The Morgan fingerprint density at radius 3 is 2.81 bits per heavy atom. The van der Waals surface area contributed by atoms with E-state index in [-0.39, 0.29) is 5.91 Å². The Bertz CT molecular complexity index is 643. The molecule has 0 spiro atoms. The number of pyridine rings is 1. The Morgan fingerprint density at radius 1 is 1.29 bits per heavy atom. The zero-order valence-electron chi connectivity index (χ0n) is 12.1. The molecule has 0 saturated carbocycles. The number of nitrogens with one attached hydrogen (secondary N) is 2. The van der Waals surface area contributed by atoms with Crippen molar-refractivity contribution in [3.05, 3.63) is 52.7 Å². The van der Waals surface area contributed by atoms with Crippen molar-refractivity contribution in [2.45, 2.75) is 20.3 Å². The van der Waals surface area contributed by atoms with Gasteiger partial charge >= 0.3 is 0 Å². The molecule has 0 aliphatic carbocycles. The van der Waals surface area contributed by atoms with E-state index in [1.165, 1.54) is 0 Å². The molecule has 1 aromatic carbocycles. The Morgan fingerprint density at radius 2 is 2.10 bits per heavy atom. The summed E-state index contributed by atoms with van der Waals surface area (Å²) < 4.78 is 0. The summed E-state index contributed by atoms with van der Waals surface area (Å²) in [6.07, 6.45) is 2.62. The molecule has 21 heavy (non-hydrogen) atoms. The third-order valence-electron chi connectivity index (χ3n) is 3.01. The van der Waals surface area contributed by atoms with E-state index in [0.717, 1.165) is 18.5 Å². The number of carbonyl (C=O) groups is 1. The summed E-state index contributed by atoms with van der Waals surface area (Å²) in [6, 6.07) is 8.87. The largest absolute Gasteiger partial charge is 0.370 e. The van der Waals surface area contributed by atoms with Gasteiger partial charge in [-0.2, -0.15) is 0 Å². The lowest BCUT2D eigenvalue weighted by atomic mass is 10.2. The highest BCUT2D eigenvalue weighted by Gasteiger charge is 2.08. The molecule has 2 rings (SSSR count). The van der Waals surface area contributed by atoms with Crippen molar-refractivity contribution in [2.24, 2.45) is 0 Å². The maximum absolute atomic E-state index is 12.2. The van der Waals surface area contributed by atoms with Gasteiger partial charge in [0.15, 0.2) is 0 Å². The van der Waals surface area contributed by atoms with Crippen LogP contribution in [0.4, 0.5) is 11.5 Å². The van der Waals surface area contributed by atoms with Gasteiger partial charge < -0.3 is 10.6 Å². The van der Waals surface area contributed by atoms with Crippen LogP contribution in [0.5, 0.6) is 0 Å². The summed E-state index contributed by atoms with van der Waals surface area (Å²) in [6.45, 7) is 4.82. The summed E-state index contributed by atoms with van der Waals surface area (Å²) in [5.74, 6) is 0.517. The van der Waals surface area contributed by atoms with Crippen molar-refractivity contribution in [1.29, 1.82) is 0 Å². The fourth-order valence-electron chi connectivity index (χ4n) is 1.80. The van der Waals surface area contributed by atoms with E-state index in [4.69, 9.17) is 11.6 Å². The van der Waals surface area contributed by atoms with Crippen molar-refractivity contribution in [3.8, 4) is 0 Å². The standard InChI is InChI=1S/C16H18ClN3O/c1-3-7-18-15-9-12(6-8-19-15)16(21)20-13-5-4-11(2)14(17)10-13/h4-6,8-10H,3,7H2,1-2H3,(H,18,19)(H,20,21). The van der Waals surface area contributed by atoms with Crippen LogP contribution in [0.3, 0.4) is 0 Å². The van der Waals surface area contributed by atoms with Crippen LogP contribution in [-0.2, 0) is 0 Å². The van der Waals surface area contributed by atoms with Gasteiger partial charge in [-0.05, 0) is 43.2 Å². The fraction of sp³-hybridized carbons (Fsp3) is 0.250. The van der Waals surface area contributed by atoms with Crippen LogP contribution in [0.1, 0.15) is 29.3 Å². The maximum atomic E-state index is 12.2. The molecule has 1 heterocycles. The van der Waals surface area contributed by atoms with Crippen LogP contribution < -0.4 is 10.6 Å². The van der Waals surface area contributed by atoms with E-state index in [9.17, 15) is 4.79 Å². The number of aromatic nitrogens is 1. The van der Waals surface area contributed by atoms with Gasteiger partial charge in [0.2, 0.25) is 0 Å². The number of hydrogen-bond acceptors (Lipinski definition) is 3. The molecule has 1 aromatic heterocycles. The number of hydrogen-bond donors (Lipinski definition) is 2. The summed E-state index contributed by atoms with van der Waals surface area (Å²) in [5, 5.41) is 6.62. The Labute approximate surface area is 129 Å². The van der Waals surface area contributed by atoms with Gasteiger partial charge in [0.05, 0.1) is 0 Å². The minimum absolute atomic E-state index is 0.183. The molecule has 0 saturated heterocycles. The zero-order chi connectivity index (χ0) is 15.2. The molecular weight excluding hydrogens is 286 g/mol. The van der Waals surface area contributed by atoms with Gasteiger partial charge in [0.25, 0.3) is 5.91 Å². The number of nitrogens with zero attached hydrogens (tertiary/aromatic N) is 1. The molecular formula is C16H18ClN3O. The maximum Gasteiger partial charge on any atom is 0.255 e. The van der Waals surface area contributed by atoms with E-state index >= 15 is 0 Å². The monoisotopic (exact) mass is 303 g/mol. The molecule has 0 atom stereocenters. The van der Waals surface area contributed by atoms with Gasteiger partial charge in [0.1, 0.15) is 5.82 Å². The first-order valence-electron chi connectivity index (χ1n) is 6.87. The summed E-state index contributed by atoms with van der Waals surface area (Å²) in [5.41, 5.74) is 2.21. The first-order chi connectivity index (χ1) is 10.1. The fourth-order valence-corrected chi connectivity index (χ4v) is 1.98. The van der Waals surface area contributed by atoms with Gasteiger partial charge in [-0.25, -0.2) is 4.98 Å². The topological polar surface area (TPSA) is 54.0 Å². The second-order valence-corrected chi connectivity index (χ2v) is 5.18. The summed E-state index contributed by atoms with van der Waals surface area (Å²) in [4.78, 5) is 16.4. The third-order valence-corrected chi connectivity index (χ3v) is 3.42. The minimum atomic E-state index is -0.183. The number of benzene rings is 1. The highest BCUT2D eigenvalue weighted by Crippen LogP contribution is 2.20. The van der Waals surface area contributed by atoms with E-state index < -0.39 is 0 Å². The molecule has 0 bridgehead atoms. The van der Waals surface area contributed by atoms with Crippen LogP contribution in [0.15, 0.2) is 36.5 Å². The molecule has 0 aliphatic rings. The quantitative estimate of drug-likeness (QED) is 0.873. The molecule has 4 nitrogen and oxygen atoms in total. The molecule has 0 radical (unpaired) electrons. The van der Waals surface area contributed by atoms with Crippen LogP contribution in [0, 0.1) is 6.92 Å². The third kappa shape index (κ3) is 4.20. The highest BCUT2D eigenvalue weighted by molar-refractivity contribution is 6.31. The summed E-state index contributed by atoms with van der Waals surface area (Å²) >= 11 is 6.05. The van der Waals surface area contributed by atoms with Crippen LogP contribution in [0.25, 0.3) is 0 Å². The van der Waals surface area contributed by atoms with Crippen molar-refractivity contribution >= 4 is 29.0 Å². The lowest BCUT2D eigenvalue weighted by Gasteiger charge is -2.08. The Balaban J connectivity index is 2.10. The predicted octanol–water partition coefficient (Wildman–Crippen LogP) is 4.12. The first-order valence-corrected chi connectivity index (χ1v) is 7.25. The lowest BCUT2D eigenvalue weighted by Crippen LogP contribution is -2.13. The Hall–Kier alpha value is -2.07. The number of amides is 1. The van der Waals surface area contributed by atoms with Crippen molar-refractivity contribution < 1.29 is 4.79 Å². The van der Waals surface area contributed by atoms with Crippen molar-refractivity contribution in [1.82, 2.24) is 4.98 Å². The normalized spacial score (nSPS) is 10.2. The average molecular weight is 304 g/mol. The predicted molar refractivity (Wildman–Crippen MR) is 87.2 cm³/mol. The second-order valence-electron chi connectivity index (χ2n) is 4.77. The molecule has 1 amide bonds. The van der Waals surface area contributed by atoms with Crippen molar-refractivity contribution in [2.75, 3.05) is 17.2 Å². The van der Waals surface area contributed by atoms with Crippen LogP contribution in [0.2, 0.25) is 5.02 Å². The molecule has 110 valence electrons. The van der Waals surface area contributed by atoms with Crippen LogP contribution >= 0.6 is 11.6 Å². The molecule has 0 aliphatic heterocycles. The van der Waals surface area contributed by atoms with E-state index in [2.05, 4.69) is 22.5 Å². The molecule has 0 fully saturated rings.